The number of carbonyl (C=O) groups excluding carboxylic acids is 2. The van der Waals surface area contributed by atoms with Gasteiger partial charge in [-0.2, -0.15) is 0 Å². The molecule has 0 fully saturated rings. The summed E-state index contributed by atoms with van der Waals surface area (Å²) in [5.41, 5.74) is 2.13. The topological polar surface area (TPSA) is 75.5 Å². The summed E-state index contributed by atoms with van der Waals surface area (Å²) in [6.07, 6.45) is 1.95. The average Bonchev–Trinajstić information content (AvgIpc) is 3.26. The van der Waals surface area contributed by atoms with Crippen molar-refractivity contribution in [3.05, 3.63) is 52.3 Å². The Hall–Kier alpha value is -2.71. The Balaban J connectivity index is 1.57. The minimum Gasteiger partial charge on any atom is -0.355 e. The number of fused-ring (bicyclic) bond motifs is 3. The molecule has 0 spiro atoms. The first kappa shape index (κ1) is 14.9. The molecule has 24 heavy (non-hydrogen) atoms. The van der Waals surface area contributed by atoms with Crippen LogP contribution in [0.3, 0.4) is 0 Å². The molecule has 4 aromatic rings. The van der Waals surface area contributed by atoms with Gasteiger partial charge in [0.25, 0.3) is 11.8 Å². The van der Waals surface area contributed by atoms with Crippen molar-refractivity contribution < 1.29 is 9.59 Å². The van der Waals surface area contributed by atoms with E-state index in [1.807, 2.05) is 22.0 Å². The number of hydrogen-bond acceptors (Lipinski definition) is 5. The molecule has 0 unspecified atom stereocenters. The van der Waals surface area contributed by atoms with Crippen molar-refractivity contribution in [1.29, 1.82) is 0 Å². The van der Waals surface area contributed by atoms with Gasteiger partial charge in [-0.15, -0.1) is 22.7 Å². The van der Waals surface area contributed by atoms with Crippen molar-refractivity contribution in [3.8, 4) is 0 Å². The van der Waals surface area contributed by atoms with Gasteiger partial charge < -0.3 is 10.6 Å². The number of amides is 2. The summed E-state index contributed by atoms with van der Waals surface area (Å²) in [5, 5.41) is 7.36. The molecule has 0 atom stereocenters. The van der Waals surface area contributed by atoms with Gasteiger partial charge in [-0.3, -0.25) is 14.0 Å². The highest BCUT2D eigenvalue weighted by Gasteiger charge is 2.15. The summed E-state index contributed by atoms with van der Waals surface area (Å²) < 4.78 is 1.98. The van der Waals surface area contributed by atoms with Gasteiger partial charge in [0.15, 0.2) is 4.96 Å². The Morgan fingerprint density at radius 3 is 2.71 bits per heavy atom. The van der Waals surface area contributed by atoms with Gasteiger partial charge in [0, 0.05) is 29.9 Å². The molecule has 6 nitrogen and oxygen atoms in total. The Kier molecular flexibility index (Phi) is 3.55. The first-order valence-corrected chi connectivity index (χ1v) is 8.84. The molecule has 0 bridgehead atoms. The van der Waals surface area contributed by atoms with E-state index in [0.717, 1.165) is 15.3 Å². The zero-order valence-corrected chi connectivity index (χ0v) is 14.2. The third-order valence-electron chi connectivity index (χ3n) is 3.60. The van der Waals surface area contributed by atoms with Gasteiger partial charge in [-0.1, -0.05) is 0 Å². The van der Waals surface area contributed by atoms with Gasteiger partial charge in [-0.05, 0) is 30.3 Å². The molecule has 0 saturated carbocycles. The molecule has 8 heteroatoms. The Morgan fingerprint density at radius 2 is 1.96 bits per heavy atom. The van der Waals surface area contributed by atoms with Crippen LogP contribution in [0.4, 0.5) is 5.69 Å². The number of nitrogens with one attached hydrogen (secondary N) is 2. The molecule has 3 heterocycles. The van der Waals surface area contributed by atoms with Crippen LogP contribution in [0.15, 0.2) is 41.9 Å². The number of rotatable bonds is 3. The standard InChI is InChI=1S/C16H12N4O2S2/c1-17-13(21)9-2-4-10(5-3-9)18-14(22)12-8-11-15(24-12)19-16-20(11)6-7-23-16/h2-8H,1H3,(H,17,21)(H,18,22). The molecule has 0 aliphatic rings. The lowest BCUT2D eigenvalue weighted by Crippen LogP contribution is -2.17. The highest BCUT2D eigenvalue weighted by Crippen LogP contribution is 2.28. The summed E-state index contributed by atoms with van der Waals surface area (Å²) in [6, 6.07) is 8.61. The Morgan fingerprint density at radius 1 is 1.17 bits per heavy atom. The maximum absolute atomic E-state index is 12.4. The second kappa shape index (κ2) is 5.73. The first-order chi connectivity index (χ1) is 11.7. The number of anilines is 1. The van der Waals surface area contributed by atoms with Crippen LogP contribution in [0, 0.1) is 0 Å². The molecular weight excluding hydrogens is 344 g/mol. The van der Waals surface area contributed by atoms with Crippen molar-refractivity contribution in [2.45, 2.75) is 0 Å². The molecule has 3 aromatic heterocycles. The van der Waals surface area contributed by atoms with E-state index >= 15 is 0 Å². The molecule has 4 rings (SSSR count). The van der Waals surface area contributed by atoms with E-state index in [1.54, 1.807) is 42.6 Å². The molecular formula is C16H12N4O2S2. The minimum atomic E-state index is -0.185. The van der Waals surface area contributed by atoms with Crippen molar-refractivity contribution in [3.63, 3.8) is 0 Å². The van der Waals surface area contributed by atoms with E-state index in [1.165, 1.54) is 11.3 Å². The van der Waals surface area contributed by atoms with Crippen molar-refractivity contribution in [2.75, 3.05) is 12.4 Å². The second-order valence-electron chi connectivity index (χ2n) is 5.08. The van der Waals surface area contributed by atoms with Gasteiger partial charge in [-0.25, -0.2) is 4.98 Å². The van der Waals surface area contributed by atoms with Crippen molar-refractivity contribution in [1.82, 2.24) is 14.7 Å². The van der Waals surface area contributed by atoms with Crippen LogP contribution in [0.5, 0.6) is 0 Å². The predicted octanol–water partition coefficient (Wildman–Crippen LogP) is 3.22. The van der Waals surface area contributed by atoms with Crippen LogP contribution in [-0.2, 0) is 0 Å². The highest BCUT2D eigenvalue weighted by molar-refractivity contribution is 7.21. The van der Waals surface area contributed by atoms with Crippen LogP contribution in [0.25, 0.3) is 15.3 Å². The third-order valence-corrected chi connectivity index (χ3v) is 5.37. The molecule has 0 aliphatic carbocycles. The lowest BCUT2D eigenvalue weighted by atomic mass is 10.2. The third kappa shape index (κ3) is 2.45. The molecule has 2 amide bonds. The molecule has 120 valence electrons. The van der Waals surface area contributed by atoms with Gasteiger partial charge >= 0.3 is 0 Å². The zero-order valence-electron chi connectivity index (χ0n) is 12.6. The van der Waals surface area contributed by atoms with Crippen LogP contribution >= 0.6 is 22.7 Å². The molecule has 0 aliphatic heterocycles. The quantitative estimate of drug-likeness (QED) is 0.592. The fraction of sp³-hybridized carbons (Fsp3) is 0.0625. The van der Waals surface area contributed by atoms with Crippen LogP contribution in [0.2, 0.25) is 0 Å². The largest absolute Gasteiger partial charge is 0.355 e. The number of thiazole rings is 1. The SMILES string of the molecule is CNC(=O)c1ccc(NC(=O)c2cc3c(nc4sccn43)s2)cc1. The summed E-state index contributed by atoms with van der Waals surface area (Å²) in [5.74, 6) is -0.345. The Bertz CT molecular complexity index is 1060. The van der Waals surface area contributed by atoms with Crippen molar-refractivity contribution in [2.24, 2.45) is 0 Å². The van der Waals surface area contributed by atoms with E-state index in [9.17, 15) is 9.59 Å². The van der Waals surface area contributed by atoms with E-state index < -0.39 is 0 Å². The number of carbonyl (C=O) groups is 2. The van der Waals surface area contributed by atoms with Crippen LogP contribution < -0.4 is 10.6 Å². The highest BCUT2D eigenvalue weighted by atomic mass is 32.1. The molecule has 0 saturated heterocycles. The lowest BCUT2D eigenvalue weighted by Gasteiger charge is -2.05. The van der Waals surface area contributed by atoms with Crippen molar-refractivity contribution >= 4 is 55.5 Å². The number of imidazole rings is 1. The van der Waals surface area contributed by atoms with E-state index in [2.05, 4.69) is 15.6 Å². The number of benzene rings is 1. The maximum atomic E-state index is 12.4. The predicted molar refractivity (Wildman–Crippen MR) is 96.2 cm³/mol. The molecule has 2 N–H and O–H groups in total. The Labute approximate surface area is 144 Å². The molecule has 1 aromatic carbocycles. The zero-order chi connectivity index (χ0) is 16.7. The smallest absolute Gasteiger partial charge is 0.265 e. The summed E-state index contributed by atoms with van der Waals surface area (Å²) in [4.78, 5) is 30.8. The summed E-state index contributed by atoms with van der Waals surface area (Å²) >= 11 is 2.93. The molecule has 0 radical (unpaired) electrons. The first-order valence-electron chi connectivity index (χ1n) is 7.14. The minimum absolute atomic E-state index is 0.159. The number of aromatic nitrogens is 2. The second-order valence-corrected chi connectivity index (χ2v) is 6.98. The van der Waals surface area contributed by atoms with Gasteiger partial charge in [0.2, 0.25) is 0 Å². The number of nitrogens with zero attached hydrogens (tertiary/aromatic N) is 2. The van der Waals surface area contributed by atoms with Crippen LogP contribution in [0.1, 0.15) is 20.0 Å². The van der Waals surface area contributed by atoms with Gasteiger partial charge in [0.05, 0.1) is 10.4 Å². The summed E-state index contributed by atoms with van der Waals surface area (Å²) in [7, 11) is 1.58. The number of hydrogen-bond donors (Lipinski definition) is 2. The maximum Gasteiger partial charge on any atom is 0.265 e. The van der Waals surface area contributed by atoms with E-state index in [-0.39, 0.29) is 11.8 Å². The van der Waals surface area contributed by atoms with Crippen LogP contribution in [-0.4, -0.2) is 28.2 Å². The summed E-state index contributed by atoms with van der Waals surface area (Å²) in [6.45, 7) is 0. The monoisotopic (exact) mass is 356 g/mol. The number of thiophene rings is 1. The lowest BCUT2D eigenvalue weighted by molar-refractivity contribution is 0.0962. The fourth-order valence-electron chi connectivity index (χ4n) is 2.40. The van der Waals surface area contributed by atoms with Gasteiger partial charge in [0.1, 0.15) is 4.83 Å². The van der Waals surface area contributed by atoms with E-state index in [0.29, 0.717) is 16.1 Å². The fourth-order valence-corrected chi connectivity index (χ4v) is 4.10. The normalized spacial score (nSPS) is 11.0. The van der Waals surface area contributed by atoms with E-state index in [4.69, 9.17) is 0 Å². The average molecular weight is 356 g/mol.